The number of alkyl halides is 3. The molecule has 2 unspecified atom stereocenters. The molecule has 0 aliphatic rings. The molecule has 4 rings (SSSR count). The third-order valence-electron chi connectivity index (χ3n) is 7.54. The van der Waals surface area contributed by atoms with E-state index in [4.69, 9.17) is 4.74 Å². The van der Waals surface area contributed by atoms with E-state index >= 15 is 0 Å². The molecule has 224 valence electrons. The Kier molecular flexibility index (Phi) is 10.6. The van der Waals surface area contributed by atoms with E-state index in [0.717, 1.165) is 50.2 Å². The summed E-state index contributed by atoms with van der Waals surface area (Å²) in [7, 11) is 0. The minimum absolute atomic E-state index is 0.0232. The molecule has 4 aromatic rings. The van der Waals surface area contributed by atoms with Crippen LogP contribution >= 0.6 is 0 Å². The molecule has 0 bridgehead atoms. The molecule has 2 aromatic heterocycles. The van der Waals surface area contributed by atoms with Crippen molar-refractivity contribution in [3.05, 3.63) is 102 Å². The van der Waals surface area contributed by atoms with Crippen molar-refractivity contribution in [2.75, 3.05) is 19.6 Å². The highest BCUT2D eigenvalue weighted by Gasteiger charge is 2.32. The number of halogens is 3. The van der Waals surface area contributed by atoms with Gasteiger partial charge in [0.15, 0.2) is 11.4 Å². The Morgan fingerprint density at radius 1 is 1.05 bits per heavy atom. The first-order valence-corrected chi connectivity index (χ1v) is 14.5. The van der Waals surface area contributed by atoms with Gasteiger partial charge in [0.25, 0.3) is 0 Å². The zero-order valence-corrected chi connectivity index (χ0v) is 24.4. The monoisotopic (exact) mass is 580 g/mol. The van der Waals surface area contributed by atoms with Gasteiger partial charge in [-0.1, -0.05) is 62.4 Å². The molecule has 0 radical (unpaired) electrons. The number of benzene rings is 2. The average molecular weight is 581 g/mol. The van der Waals surface area contributed by atoms with Gasteiger partial charge in [0.05, 0.1) is 11.3 Å². The van der Waals surface area contributed by atoms with Crippen molar-refractivity contribution in [3.8, 4) is 5.75 Å². The number of pyridine rings is 1. The predicted octanol–water partition coefficient (Wildman–Crippen LogP) is 7.08. The maximum Gasteiger partial charge on any atom is 0.416 e. The number of hydrogen-bond donors (Lipinski definition) is 1. The molecule has 1 N–H and O–H groups in total. The Labute approximate surface area is 245 Å². The third kappa shape index (κ3) is 8.12. The molecule has 0 spiro atoms. The van der Waals surface area contributed by atoms with Crippen molar-refractivity contribution < 1.29 is 22.7 Å². The summed E-state index contributed by atoms with van der Waals surface area (Å²) in [6, 6.07) is 18.5. The van der Waals surface area contributed by atoms with Crippen molar-refractivity contribution in [1.29, 1.82) is 0 Å². The second-order valence-corrected chi connectivity index (χ2v) is 10.5. The molecule has 0 aliphatic heterocycles. The van der Waals surface area contributed by atoms with Crippen LogP contribution in [0.15, 0.2) is 79.1 Å². The second kappa shape index (κ2) is 14.4. The fourth-order valence-electron chi connectivity index (χ4n) is 5.19. The Balaban J connectivity index is 1.58. The van der Waals surface area contributed by atoms with Crippen LogP contribution in [0.1, 0.15) is 68.3 Å². The molecule has 2 atom stereocenters. The number of nitrogens with zero attached hydrogens (tertiary/aromatic N) is 3. The van der Waals surface area contributed by atoms with E-state index in [-0.39, 0.29) is 18.4 Å². The van der Waals surface area contributed by atoms with Crippen LogP contribution in [0.5, 0.6) is 5.75 Å². The topological polar surface area (TPSA) is 58.9 Å². The maximum absolute atomic E-state index is 13.6. The largest absolute Gasteiger partial charge is 0.485 e. The lowest BCUT2D eigenvalue weighted by molar-refractivity contribution is -0.137. The highest BCUT2D eigenvalue weighted by molar-refractivity contribution is 5.78. The van der Waals surface area contributed by atoms with E-state index in [1.165, 1.54) is 6.07 Å². The lowest BCUT2D eigenvalue weighted by Gasteiger charge is -2.22. The van der Waals surface area contributed by atoms with Gasteiger partial charge in [-0.25, -0.2) is 4.98 Å². The van der Waals surface area contributed by atoms with E-state index in [2.05, 4.69) is 29.0 Å². The molecular formula is C33H39F3N4O2. The number of rotatable bonds is 14. The molecule has 42 heavy (non-hydrogen) atoms. The molecule has 0 aliphatic carbocycles. The van der Waals surface area contributed by atoms with Crippen LogP contribution in [0.25, 0.3) is 5.65 Å². The predicted molar refractivity (Wildman–Crippen MR) is 158 cm³/mol. The number of fused-ring (bicyclic) bond motifs is 1. The van der Waals surface area contributed by atoms with Gasteiger partial charge in [-0.3, -0.25) is 4.79 Å². The van der Waals surface area contributed by atoms with Gasteiger partial charge in [0.2, 0.25) is 5.91 Å². The van der Waals surface area contributed by atoms with Crippen molar-refractivity contribution in [2.24, 2.45) is 0 Å². The third-order valence-corrected chi connectivity index (χ3v) is 7.54. The lowest BCUT2D eigenvalue weighted by Crippen LogP contribution is -2.34. The maximum atomic E-state index is 13.6. The number of carbonyl (C=O) groups is 1. The second-order valence-electron chi connectivity index (χ2n) is 10.5. The number of ether oxygens (including phenoxy) is 1. The van der Waals surface area contributed by atoms with Crippen LogP contribution in [-0.4, -0.2) is 45.9 Å². The average Bonchev–Trinajstić information content (AvgIpc) is 3.42. The molecule has 1 amide bonds. The summed E-state index contributed by atoms with van der Waals surface area (Å²) in [6.07, 6.45) is 0.649. The first-order chi connectivity index (χ1) is 20.2. The Hall–Kier alpha value is -3.85. The first-order valence-electron chi connectivity index (χ1n) is 14.5. The van der Waals surface area contributed by atoms with Crippen molar-refractivity contribution in [1.82, 2.24) is 19.6 Å². The van der Waals surface area contributed by atoms with Gasteiger partial charge >= 0.3 is 6.18 Å². The number of imidazole rings is 1. The van der Waals surface area contributed by atoms with E-state index in [1.807, 2.05) is 37.3 Å². The van der Waals surface area contributed by atoms with Crippen LogP contribution in [0.4, 0.5) is 13.2 Å². The van der Waals surface area contributed by atoms with Crippen molar-refractivity contribution in [3.63, 3.8) is 0 Å². The van der Waals surface area contributed by atoms with Gasteiger partial charge in [-0.05, 0) is 68.7 Å². The molecule has 0 saturated carbocycles. The number of nitrogens with one attached hydrogen (secondary N) is 1. The number of carbonyl (C=O) groups excluding carboxylic acids is 1. The summed E-state index contributed by atoms with van der Waals surface area (Å²) in [5.41, 5.74) is 1.78. The summed E-state index contributed by atoms with van der Waals surface area (Å²) in [6.45, 7) is 9.47. The number of amides is 1. The summed E-state index contributed by atoms with van der Waals surface area (Å²) in [5, 5.41) is 3.06. The highest BCUT2D eigenvalue weighted by Crippen LogP contribution is 2.35. The zero-order chi connectivity index (χ0) is 30.1. The SMILES string of the molecule is CCN(CC)CCCC(C)NC(=O)CC(c1cccc(C(F)(F)F)c1)c1cnc2c(OCc3ccccc3)cccn12. The van der Waals surface area contributed by atoms with Crippen LogP contribution in [0.3, 0.4) is 0 Å². The van der Waals surface area contributed by atoms with Crippen LogP contribution in [-0.2, 0) is 17.6 Å². The minimum atomic E-state index is -4.50. The zero-order valence-electron chi connectivity index (χ0n) is 24.4. The first kappa shape index (κ1) is 31.1. The van der Waals surface area contributed by atoms with Crippen molar-refractivity contribution >= 4 is 11.6 Å². The quantitative estimate of drug-likeness (QED) is 0.173. The lowest BCUT2D eigenvalue weighted by atomic mass is 9.91. The smallest absolute Gasteiger partial charge is 0.416 e. The van der Waals surface area contributed by atoms with Crippen LogP contribution in [0, 0.1) is 0 Å². The molecule has 6 nitrogen and oxygen atoms in total. The molecule has 2 aromatic carbocycles. The van der Waals surface area contributed by atoms with Crippen LogP contribution < -0.4 is 10.1 Å². The van der Waals surface area contributed by atoms with Crippen molar-refractivity contribution in [2.45, 2.75) is 64.8 Å². The van der Waals surface area contributed by atoms with E-state index < -0.39 is 17.7 Å². The number of aromatic nitrogens is 2. The Bertz CT molecular complexity index is 1430. The Morgan fingerprint density at radius 3 is 2.52 bits per heavy atom. The summed E-state index contributed by atoms with van der Waals surface area (Å²) < 4.78 is 48.8. The normalized spacial score (nSPS) is 13.3. The summed E-state index contributed by atoms with van der Waals surface area (Å²) >= 11 is 0. The summed E-state index contributed by atoms with van der Waals surface area (Å²) in [4.78, 5) is 20.2. The summed E-state index contributed by atoms with van der Waals surface area (Å²) in [5.74, 6) is -0.338. The molecule has 9 heteroatoms. The van der Waals surface area contributed by atoms with Gasteiger partial charge in [-0.15, -0.1) is 0 Å². The van der Waals surface area contributed by atoms with Gasteiger partial charge in [0.1, 0.15) is 6.61 Å². The Morgan fingerprint density at radius 2 is 1.81 bits per heavy atom. The molecule has 0 fully saturated rings. The fraction of sp³-hybridized carbons (Fsp3) is 0.394. The van der Waals surface area contributed by atoms with Crippen LogP contribution in [0.2, 0.25) is 0 Å². The van der Waals surface area contributed by atoms with Gasteiger partial charge < -0.3 is 19.4 Å². The van der Waals surface area contributed by atoms with E-state index in [1.54, 1.807) is 35.0 Å². The standard InChI is InChI=1S/C33H39F3N4O2/c1-4-39(5-2)18-10-12-24(3)38-31(41)21-28(26-15-9-16-27(20-26)33(34,35)36)29-22-37-32-30(17-11-19-40(29)32)42-23-25-13-7-6-8-14-25/h6-9,11,13-17,19-20,22,24,28H,4-5,10,12,18,21,23H2,1-3H3,(H,38,41). The number of hydrogen-bond acceptors (Lipinski definition) is 4. The van der Waals surface area contributed by atoms with Gasteiger partial charge in [-0.2, -0.15) is 13.2 Å². The fourth-order valence-corrected chi connectivity index (χ4v) is 5.19. The molecular weight excluding hydrogens is 541 g/mol. The highest BCUT2D eigenvalue weighted by atomic mass is 19.4. The molecule has 0 saturated heterocycles. The minimum Gasteiger partial charge on any atom is -0.485 e. The van der Waals surface area contributed by atoms with E-state index in [9.17, 15) is 18.0 Å². The molecule has 2 heterocycles. The van der Waals surface area contributed by atoms with E-state index in [0.29, 0.717) is 29.3 Å². The van der Waals surface area contributed by atoms with Gasteiger partial charge in [0, 0.05) is 30.8 Å².